The number of aromatic amines is 1. The van der Waals surface area contributed by atoms with Gasteiger partial charge >= 0.3 is 0 Å². The molecule has 3 heteroatoms. The highest BCUT2D eigenvalue weighted by Gasteiger charge is 2.24. The second-order valence-electron chi connectivity index (χ2n) is 9.48. The van der Waals surface area contributed by atoms with Crippen LogP contribution in [-0.2, 0) is 0 Å². The molecule has 0 spiro atoms. The van der Waals surface area contributed by atoms with Crippen molar-refractivity contribution in [3.05, 3.63) is 52.8 Å². The van der Waals surface area contributed by atoms with Crippen molar-refractivity contribution in [3.63, 3.8) is 0 Å². The van der Waals surface area contributed by atoms with Crippen molar-refractivity contribution in [2.24, 2.45) is 0 Å². The Labute approximate surface area is 175 Å². The number of aromatic nitrogens is 2. The highest BCUT2D eigenvalue weighted by atomic mass is 15.1. The van der Waals surface area contributed by atoms with E-state index in [2.05, 4.69) is 87.0 Å². The van der Waals surface area contributed by atoms with Crippen LogP contribution in [0.1, 0.15) is 73.9 Å². The molecule has 154 valence electrons. The van der Waals surface area contributed by atoms with E-state index in [0.29, 0.717) is 11.8 Å². The monoisotopic (exact) mass is 389 g/mol. The standard InChI is InChI=1S/C26H35N3/c1-16(2)25-23-15-20(19-7-10-22(11-8-19)29(5)6)9-12-24(23)28-26(25)21-13-17(3)27-18(4)14-21/h9,12-16,19,22,28H,7-8,10-11H2,1-6H3. The molecule has 3 nitrogen and oxygen atoms in total. The van der Waals surface area contributed by atoms with Crippen LogP contribution in [0.5, 0.6) is 0 Å². The summed E-state index contributed by atoms with van der Waals surface area (Å²) in [6.07, 6.45) is 5.21. The number of H-pyrrole nitrogens is 1. The summed E-state index contributed by atoms with van der Waals surface area (Å²) in [5.74, 6) is 1.16. The molecule has 1 aliphatic rings. The minimum Gasteiger partial charge on any atom is -0.354 e. The van der Waals surface area contributed by atoms with Crippen molar-refractivity contribution in [1.82, 2.24) is 14.9 Å². The molecule has 29 heavy (non-hydrogen) atoms. The zero-order valence-corrected chi connectivity index (χ0v) is 18.8. The number of nitrogens with zero attached hydrogens (tertiary/aromatic N) is 2. The molecule has 1 N–H and O–H groups in total. The number of nitrogens with one attached hydrogen (secondary N) is 1. The van der Waals surface area contributed by atoms with E-state index in [1.165, 1.54) is 59.0 Å². The number of pyridine rings is 1. The average Bonchev–Trinajstić information content (AvgIpc) is 3.06. The first-order chi connectivity index (χ1) is 13.8. The number of hydrogen-bond acceptors (Lipinski definition) is 2. The van der Waals surface area contributed by atoms with E-state index in [9.17, 15) is 0 Å². The van der Waals surface area contributed by atoms with E-state index in [1.807, 2.05) is 0 Å². The second kappa shape index (κ2) is 7.95. The average molecular weight is 390 g/mol. The van der Waals surface area contributed by atoms with E-state index in [1.54, 1.807) is 0 Å². The quantitative estimate of drug-likeness (QED) is 0.548. The SMILES string of the molecule is Cc1cc(-c2[nH]c3ccc(C4CCC(N(C)C)CC4)cc3c2C(C)C)cc(C)n1. The molecule has 1 saturated carbocycles. The van der Waals surface area contributed by atoms with Gasteiger partial charge < -0.3 is 9.88 Å². The van der Waals surface area contributed by atoms with Gasteiger partial charge in [-0.05, 0) is 101 Å². The maximum absolute atomic E-state index is 4.56. The van der Waals surface area contributed by atoms with Crippen LogP contribution in [-0.4, -0.2) is 35.0 Å². The fourth-order valence-electron chi connectivity index (χ4n) is 5.22. The number of rotatable bonds is 4. The Hall–Kier alpha value is -2.13. The van der Waals surface area contributed by atoms with Gasteiger partial charge in [0.2, 0.25) is 0 Å². The Kier molecular flexibility index (Phi) is 5.52. The predicted molar refractivity (Wildman–Crippen MR) is 124 cm³/mol. The summed E-state index contributed by atoms with van der Waals surface area (Å²) in [5.41, 5.74) is 8.87. The van der Waals surface area contributed by atoms with Crippen molar-refractivity contribution < 1.29 is 0 Å². The lowest BCUT2D eigenvalue weighted by Gasteiger charge is -2.32. The Morgan fingerprint density at radius 3 is 2.21 bits per heavy atom. The largest absolute Gasteiger partial charge is 0.354 e. The lowest BCUT2D eigenvalue weighted by Crippen LogP contribution is -2.31. The van der Waals surface area contributed by atoms with Gasteiger partial charge in [0.25, 0.3) is 0 Å². The molecule has 3 aromatic rings. The Balaban J connectivity index is 1.74. The van der Waals surface area contributed by atoms with Crippen LogP contribution in [0.25, 0.3) is 22.2 Å². The third-order valence-corrected chi connectivity index (χ3v) is 6.71. The minimum absolute atomic E-state index is 0.465. The Bertz CT molecular complexity index is 984. The van der Waals surface area contributed by atoms with Gasteiger partial charge in [-0.2, -0.15) is 0 Å². The maximum Gasteiger partial charge on any atom is 0.0501 e. The lowest BCUT2D eigenvalue weighted by atomic mass is 9.81. The minimum atomic E-state index is 0.465. The molecule has 1 aliphatic carbocycles. The van der Waals surface area contributed by atoms with Crippen LogP contribution < -0.4 is 0 Å². The van der Waals surface area contributed by atoms with Crippen molar-refractivity contribution in [2.75, 3.05) is 14.1 Å². The third kappa shape index (κ3) is 3.98. The first-order valence-corrected chi connectivity index (χ1v) is 11.1. The molecule has 0 radical (unpaired) electrons. The van der Waals surface area contributed by atoms with Gasteiger partial charge in [0.05, 0.1) is 5.69 Å². The number of hydrogen-bond donors (Lipinski definition) is 1. The molecule has 2 heterocycles. The molecule has 0 unspecified atom stereocenters. The number of aryl methyl sites for hydroxylation is 2. The van der Waals surface area contributed by atoms with Crippen LogP contribution >= 0.6 is 0 Å². The zero-order chi connectivity index (χ0) is 20.7. The summed E-state index contributed by atoms with van der Waals surface area (Å²) < 4.78 is 0. The first-order valence-electron chi connectivity index (χ1n) is 11.1. The Morgan fingerprint density at radius 1 is 0.966 bits per heavy atom. The van der Waals surface area contributed by atoms with Gasteiger partial charge in [-0.25, -0.2) is 0 Å². The van der Waals surface area contributed by atoms with Gasteiger partial charge in [0.15, 0.2) is 0 Å². The third-order valence-electron chi connectivity index (χ3n) is 6.71. The van der Waals surface area contributed by atoms with Crippen molar-refractivity contribution in [1.29, 1.82) is 0 Å². The molecular weight excluding hydrogens is 354 g/mol. The maximum atomic E-state index is 4.56. The van der Waals surface area contributed by atoms with Gasteiger partial charge in [-0.15, -0.1) is 0 Å². The van der Waals surface area contributed by atoms with Crippen molar-refractivity contribution >= 4 is 10.9 Å². The van der Waals surface area contributed by atoms with Gasteiger partial charge in [-0.1, -0.05) is 19.9 Å². The van der Waals surface area contributed by atoms with E-state index < -0.39 is 0 Å². The van der Waals surface area contributed by atoms with Crippen LogP contribution in [0.2, 0.25) is 0 Å². The lowest BCUT2D eigenvalue weighted by molar-refractivity contribution is 0.216. The van der Waals surface area contributed by atoms with Crippen LogP contribution in [0.3, 0.4) is 0 Å². The molecule has 0 aliphatic heterocycles. The molecule has 1 fully saturated rings. The normalized spacial score (nSPS) is 20.1. The van der Waals surface area contributed by atoms with Crippen molar-refractivity contribution in [3.8, 4) is 11.3 Å². The van der Waals surface area contributed by atoms with Gasteiger partial charge in [0.1, 0.15) is 0 Å². The fraction of sp³-hybridized carbons (Fsp3) is 0.500. The van der Waals surface area contributed by atoms with E-state index in [-0.39, 0.29) is 0 Å². The highest BCUT2D eigenvalue weighted by Crippen LogP contribution is 2.40. The molecule has 2 aromatic heterocycles. The molecule has 0 amide bonds. The van der Waals surface area contributed by atoms with E-state index in [4.69, 9.17) is 0 Å². The van der Waals surface area contributed by atoms with Gasteiger partial charge in [0, 0.05) is 33.9 Å². The number of fused-ring (bicyclic) bond motifs is 1. The zero-order valence-electron chi connectivity index (χ0n) is 18.8. The summed E-state index contributed by atoms with van der Waals surface area (Å²) in [7, 11) is 4.44. The molecular formula is C26H35N3. The summed E-state index contributed by atoms with van der Waals surface area (Å²) in [5, 5.41) is 1.40. The van der Waals surface area contributed by atoms with E-state index >= 15 is 0 Å². The summed E-state index contributed by atoms with van der Waals surface area (Å²) in [6, 6.07) is 12.3. The molecule has 4 rings (SSSR count). The molecule has 0 atom stereocenters. The molecule has 1 aromatic carbocycles. The molecule has 0 saturated heterocycles. The topological polar surface area (TPSA) is 31.9 Å². The molecule has 0 bridgehead atoms. The number of benzene rings is 1. The fourth-order valence-corrected chi connectivity index (χ4v) is 5.22. The highest BCUT2D eigenvalue weighted by molar-refractivity contribution is 5.92. The van der Waals surface area contributed by atoms with E-state index in [0.717, 1.165) is 17.4 Å². The van der Waals surface area contributed by atoms with Gasteiger partial charge in [-0.3, -0.25) is 4.98 Å². The summed E-state index contributed by atoms with van der Waals surface area (Å²) in [6.45, 7) is 8.77. The Morgan fingerprint density at radius 2 is 1.62 bits per heavy atom. The smallest absolute Gasteiger partial charge is 0.0501 e. The summed E-state index contributed by atoms with van der Waals surface area (Å²) >= 11 is 0. The predicted octanol–water partition coefficient (Wildman–Crippen LogP) is 6.56. The summed E-state index contributed by atoms with van der Waals surface area (Å²) in [4.78, 5) is 10.7. The van der Waals surface area contributed by atoms with Crippen LogP contribution in [0.15, 0.2) is 30.3 Å². The first kappa shape index (κ1) is 20.2. The van der Waals surface area contributed by atoms with Crippen LogP contribution in [0, 0.1) is 13.8 Å². The van der Waals surface area contributed by atoms with Crippen molar-refractivity contribution in [2.45, 2.75) is 71.3 Å². The van der Waals surface area contributed by atoms with Crippen LogP contribution in [0.4, 0.5) is 0 Å². The second-order valence-corrected chi connectivity index (χ2v) is 9.48.